The van der Waals surface area contributed by atoms with Gasteiger partial charge in [0.25, 0.3) is 0 Å². The number of aromatic nitrogens is 3. The van der Waals surface area contributed by atoms with Crippen molar-refractivity contribution in [2.45, 2.75) is 32.9 Å². The number of carbonyl (C=O) groups excluding carboxylic acids is 1. The second-order valence-corrected chi connectivity index (χ2v) is 8.98. The number of hydrogen-bond donors (Lipinski definition) is 1. The molecule has 4 aromatic rings. The topological polar surface area (TPSA) is 69.0 Å². The maximum absolute atomic E-state index is 12.8. The lowest BCUT2D eigenvalue weighted by Crippen LogP contribution is -2.16. The maximum atomic E-state index is 12.8. The van der Waals surface area contributed by atoms with Crippen LogP contribution in [0.15, 0.2) is 71.9 Å². The van der Waals surface area contributed by atoms with Gasteiger partial charge in [0.1, 0.15) is 5.75 Å². The minimum absolute atomic E-state index is 0.0828. The van der Waals surface area contributed by atoms with Crippen molar-refractivity contribution >= 4 is 23.4 Å². The zero-order valence-electron chi connectivity index (χ0n) is 19.8. The largest absolute Gasteiger partial charge is 0.494 e. The van der Waals surface area contributed by atoms with E-state index in [0.29, 0.717) is 11.8 Å². The third-order valence-electron chi connectivity index (χ3n) is 5.43. The number of amides is 1. The summed E-state index contributed by atoms with van der Waals surface area (Å²) in [5.41, 5.74) is 5.98. The SMILES string of the molecule is CCOc1ccc(-n2c(SCC(=O)Nc3c(C)cccc3C)nnc2-c2ccc(C)cc2)cc1. The van der Waals surface area contributed by atoms with Crippen LogP contribution < -0.4 is 10.1 Å². The number of rotatable bonds is 8. The van der Waals surface area contributed by atoms with Gasteiger partial charge in [-0.3, -0.25) is 9.36 Å². The quantitative estimate of drug-likeness (QED) is 0.319. The highest BCUT2D eigenvalue weighted by Crippen LogP contribution is 2.29. The fourth-order valence-electron chi connectivity index (χ4n) is 3.66. The van der Waals surface area contributed by atoms with Gasteiger partial charge in [-0.05, 0) is 63.1 Å². The molecular weight excluding hydrogens is 444 g/mol. The molecule has 0 saturated heterocycles. The molecule has 7 heteroatoms. The molecule has 0 unspecified atom stereocenters. The number of nitrogens with one attached hydrogen (secondary N) is 1. The first kappa shape index (κ1) is 23.6. The van der Waals surface area contributed by atoms with Crippen LogP contribution in [0.2, 0.25) is 0 Å². The summed E-state index contributed by atoms with van der Waals surface area (Å²) in [6.45, 7) is 8.61. The van der Waals surface area contributed by atoms with E-state index in [4.69, 9.17) is 4.74 Å². The highest BCUT2D eigenvalue weighted by atomic mass is 32.2. The standard InChI is InChI=1S/C27H28N4O2S/c1-5-33-23-15-13-22(14-16-23)31-26(21-11-9-18(2)10-12-21)29-30-27(31)34-17-24(32)28-25-19(3)7-6-8-20(25)4/h6-16H,5,17H2,1-4H3,(H,28,32). The number of thioether (sulfide) groups is 1. The highest BCUT2D eigenvalue weighted by molar-refractivity contribution is 7.99. The minimum atomic E-state index is -0.0828. The van der Waals surface area contributed by atoms with Crippen molar-refractivity contribution in [2.24, 2.45) is 0 Å². The smallest absolute Gasteiger partial charge is 0.234 e. The van der Waals surface area contributed by atoms with Gasteiger partial charge < -0.3 is 10.1 Å². The van der Waals surface area contributed by atoms with E-state index >= 15 is 0 Å². The number of para-hydroxylation sites is 1. The molecule has 3 aromatic carbocycles. The number of aryl methyl sites for hydroxylation is 3. The number of carbonyl (C=O) groups is 1. The number of benzene rings is 3. The Bertz CT molecular complexity index is 1260. The predicted molar refractivity (Wildman–Crippen MR) is 138 cm³/mol. The summed E-state index contributed by atoms with van der Waals surface area (Å²) in [7, 11) is 0. The lowest BCUT2D eigenvalue weighted by Gasteiger charge is -2.13. The van der Waals surface area contributed by atoms with Crippen LogP contribution >= 0.6 is 11.8 Å². The van der Waals surface area contributed by atoms with Crippen molar-refractivity contribution in [3.63, 3.8) is 0 Å². The zero-order chi connectivity index (χ0) is 24.1. The monoisotopic (exact) mass is 472 g/mol. The van der Waals surface area contributed by atoms with Gasteiger partial charge in [0.15, 0.2) is 11.0 Å². The summed E-state index contributed by atoms with van der Waals surface area (Å²) >= 11 is 1.36. The second-order valence-electron chi connectivity index (χ2n) is 8.04. The Hall–Kier alpha value is -3.58. The van der Waals surface area contributed by atoms with E-state index in [2.05, 4.69) is 34.6 Å². The number of hydrogen-bond acceptors (Lipinski definition) is 5. The first-order valence-corrected chi connectivity index (χ1v) is 12.2. The van der Waals surface area contributed by atoms with Crippen molar-refractivity contribution in [1.82, 2.24) is 14.8 Å². The van der Waals surface area contributed by atoms with Gasteiger partial charge in [-0.15, -0.1) is 10.2 Å². The van der Waals surface area contributed by atoms with Gasteiger partial charge in [-0.1, -0.05) is 59.8 Å². The molecule has 4 rings (SSSR count). The predicted octanol–water partition coefficient (Wildman–Crippen LogP) is 5.99. The van der Waals surface area contributed by atoms with Crippen LogP contribution in [0.1, 0.15) is 23.6 Å². The fourth-order valence-corrected chi connectivity index (χ4v) is 4.41. The molecule has 1 amide bonds. The first-order chi connectivity index (χ1) is 16.5. The molecule has 0 atom stereocenters. The highest BCUT2D eigenvalue weighted by Gasteiger charge is 2.18. The van der Waals surface area contributed by atoms with Gasteiger partial charge >= 0.3 is 0 Å². The number of nitrogens with zero attached hydrogens (tertiary/aromatic N) is 3. The summed E-state index contributed by atoms with van der Waals surface area (Å²) in [6.07, 6.45) is 0. The molecule has 0 radical (unpaired) electrons. The van der Waals surface area contributed by atoms with E-state index in [0.717, 1.165) is 39.6 Å². The van der Waals surface area contributed by atoms with Crippen LogP contribution in [0, 0.1) is 20.8 Å². The molecule has 34 heavy (non-hydrogen) atoms. The molecule has 174 valence electrons. The second kappa shape index (κ2) is 10.6. The van der Waals surface area contributed by atoms with E-state index in [9.17, 15) is 4.79 Å². The average molecular weight is 473 g/mol. The van der Waals surface area contributed by atoms with Gasteiger partial charge in [0.05, 0.1) is 12.4 Å². The molecule has 0 bridgehead atoms. The van der Waals surface area contributed by atoms with Crippen molar-refractivity contribution in [1.29, 1.82) is 0 Å². The molecule has 0 aliphatic rings. The Kier molecular flexibility index (Phi) is 7.33. The molecule has 1 aromatic heterocycles. The molecule has 0 aliphatic heterocycles. The first-order valence-electron chi connectivity index (χ1n) is 11.2. The molecule has 1 heterocycles. The molecule has 0 aliphatic carbocycles. The van der Waals surface area contributed by atoms with Crippen LogP contribution in [0.3, 0.4) is 0 Å². The van der Waals surface area contributed by atoms with E-state index < -0.39 is 0 Å². The molecule has 0 fully saturated rings. The lowest BCUT2D eigenvalue weighted by molar-refractivity contribution is -0.113. The molecule has 1 N–H and O–H groups in total. The Morgan fingerprint density at radius 2 is 1.62 bits per heavy atom. The van der Waals surface area contributed by atoms with Crippen molar-refractivity contribution in [2.75, 3.05) is 17.7 Å². The van der Waals surface area contributed by atoms with E-state index in [1.807, 2.05) is 79.9 Å². The summed E-state index contributed by atoms with van der Waals surface area (Å²) in [5.74, 6) is 1.66. The van der Waals surface area contributed by atoms with Crippen molar-refractivity contribution in [3.05, 3.63) is 83.4 Å². The van der Waals surface area contributed by atoms with Crippen LogP contribution in [-0.2, 0) is 4.79 Å². The molecule has 0 saturated carbocycles. The Morgan fingerprint density at radius 1 is 0.941 bits per heavy atom. The van der Waals surface area contributed by atoms with Gasteiger partial charge in [-0.25, -0.2) is 0 Å². The fraction of sp³-hybridized carbons (Fsp3) is 0.222. The summed E-state index contributed by atoms with van der Waals surface area (Å²) in [4.78, 5) is 12.8. The third kappa shape index (κ3) is 5.31. The zero-order valence-corrected chi connectivity index (χ0v) is 20.6. The van der Waals surface area contributed by atoms with Crippen LogP contribution in [0.25, 0.3) is 17.1 Å². The third-order valence-corrected chi connectivity index (χ3v) is 6.36. The van der Waals surface area contributed by atoms with Crippen molar-refractivity contribution < 1.29 is 9.53 Å². The minimum Gasteiger partial charge on any atom is -0.494 e. The number of ether oxygens (including phenoxy) is 1. The molecular formula is C27H28N4O2S. The summed E-state index contributed by atoms with van der Waals surface area (Å²) in [6, 6.07) is 22.0. The van der Waals surface area contributed by atoms with E-state index in [-0.39, 0.29) is 11.7 Å². The van der Waals surface area contributed by atoms with Crippen LogP contribution in [0.5, 0.6) is 5.75 Å². The van der Waals surface area contributed by atoms with E-state index in [1.54, 1.807) is 0 Å². The van der Waals surface area contributed by atoms with Crippen molar-refractivity contribution in [3.8, 4) is 22.8 Å². The summed E-state index contributed by atoms with van der Waals surface area (Å²) in [5, 5.41) is 12.6. The van der Waals surface area contributed by atoms with Crippen LogP contribution in [0.4, 0.5) is 5.69 Å². The Morgan fingerprint density at radius 3 is 2.26 bits per heavy atom. The maximum Gasteiger partial charge on any atom is 0.234 e. The Labute approximate surface area is 204 Å². The normalized spacial score (nSPS) is 10.8. The van der Waals surface area contributed by atoms with Gasteiger partial charge in [-0.2, -0.15) is 0 Å². The molecule has 6 nitrogen and oxygen atoms in total. The molecule has 0 spiro atoms. The van der Waals surface area contributed by atoms with E-state index in [1.165, 1.54) is 17.3 Å². The van der Waals surface area contributed by atoms with Crippen LogP contribution in [-0.4, -0.2) is 33.0 Å². The van der Waals surface area contributed by atoms with Gasteiger partial charge in [0, 0.05) is 16.9 Å². The average Bonchev–Trinajstić information content (AvgIpc) is 3.25. The van der Waals surface area contributed by atoms with Gasteiger partial charge in [0.2, 0.25) is 5.91 Å². The summed E-state index contributed by atoms with van der Waals surface area (Å²) < 4.78 is 7.58. The Balaban J connectivity index is 1.61. The number of anilines is 1. The lowest BCUT2D eigenvalue weighted by atomic mass is 10.1.